The van der Waals surface area contributed by atoms with E-state index in [0.717, 1.165) is 0 Å². The molecule has 190 valence electrons. The lowest BCUT2D eigenvalue weighted by Crippen LogP contribution is -2.45. The maximum absolute atomic E-state index is 2.64. The van der Waals surface area contributed by atoms with Crippen LogP contribution in [-0.4, -0.2) is 12.5 Å². The number of pyridine rings is 2. The molecule has 0 spiro atoms. The van der Waals surface area contributed by atoms with Crippen LogP contribution in [0.1, 0.15) is 58.2 Å². The molecule has 6 rings (SSSR count). The second-order valence-electron chi connectivity index (χ2n) is 12.5. The van der Waals surface area contributed by atoms with Crippen molar-refractivity contribution in [3.05, 3.63) is 65.4 Å². The van der Waals surface area contributed by atoms with Crippen LogP contribution in [0.15, 0.2) is 48.7 Å². The van der Waals surface area contributed by atoms with Crippen LogP contribution in [-0.2, 0) is 12.5 Å². The molecule has 0 atom stereocenters. The van der Waals surface area contributed by atoms with Crippen molar-refractivity contribution < 1.29 is 4.57 Å². The Morgan fingerprint density at radius 3 is 2.16 bits per heavy atom. The summed E-state index contributed by atoms with van der Waals surface area (Å²) in [7, 11) is 0.654. The summed E-state index contributed by atoms with van der Waals surface area (Å²) in [5.41, 5.74) is 9.74. The predicted molar refractivity (Wildman–Crippen MR) is 165 cm³/mol. The Bertz CT molecular complexity index is 1840. The molecular weight excluding hydrogens is 464 g/mol. The van der Waals surface area contributed by atoms with E-state index in [-0.39, 0.29) is 5.41 Å². The van der Waals surface area contributed by atoms with Gasteiger partial charge < -0.3 is 4.40 Å². The van der Waals surface area contributed by atoms with Crippen LogP contribution in [0, 0.1) is 13.8 Å². The van der Waals surface area contributed by atoms with Gasteiger partial charge in [0.15, 0.2) is 6.20 Å². The molecule has 3 heteroatoms. The van der Waals surface area contributed by atoms with Gasteiger partial charge in [-0.05, 0) is 59.5 Å². The van der Waals surface area contributed by atoms with Gasteiger partial charge in [-0.15, -0.1) is 0 Å². The number of hydrogen-bond donors (Lipinski definition) is 0. The smallest absolute Gasteiger partial charge is 0.224 e. The Balaban J connectivity index is 1.97. The monoisotopic (exact) mass is 505 g/mol. The predicted octanol–water partition coefficient (Wildman–Crippen LogP) is 8.44. The molecule has 0 aliphatic rings. The first kappa shape index (κ1) is 24.4. The topological polar surface area (TPSA) is 8.29 Å². The summed E-state index contributed by atoms with van der Waals surface area (Å²) in [6.45, 7) is 18.8. The molecule has 3 aromatic carbocycles. The van der Waals surface area contributed by atoms with E-state index in [1.54, 1.807) is 5.19 Å². The molecule has 0 aliphatic carbocycles. The first-order valence-corrected chi connectivity index (χ1v) is 16.7. The molecule has 0 amide bonds. The van der Waals surface area contributed by atoms with E-state index >= 15 is 0 Å². The average Bonchev–Trinajstić information content (AvgIpc) is 3.20. The minimum Gasteiger partial charge on any atom is -0.307 e. The normalized spacial score (nSPS) is 13.3. The number of nitrogens with zero attached hydrogens (tertiary/aromatic N) is 2. The summed E-state index contributed by atoms with van der Waals surface area (Å²) in [4.78, 5) is 0. The van der Waals surface area contributed by atoms with E-state index in [4.69, 9.17) is 0 Å². The zero-order valence-electron chi connectivity index (χ0n) is 24.1. The Kier molecular flexibility index (Phi) is 5.31. The maximum Gasteiger partial charge on any atom is 0.224 e. The minimum absolute atomic E-state index is 0.102. The largest absolute Gasteiger partial charge is 0.307 e. The molecule has 0 N–H and O–H groups in total. The van der Waals surface area contributed by atoms with Gasteiger partial charge >= 0.3 is 0 Å². The van der Waals surface area contributed by atoms with E-state index in [9.17, 15) is 0 Å². The third kappa shape index (κ3) is 3.19. The molecule has 37 heavy (non-hydrogen) atoms. The zero-order valence-corrected chi connectivity index (χ0v) is 25.1. The van der Waals surface area contributed by atoms with E-state index in [1.165, 1.54) is 83.8 Å². The number of benzene rings is 3. The van der Waals surface area contributed by atoms with Gasteiger partial charge in [0.05, 0.1) is 35.4 Å². The Labute approximate surface area is 222 Å². The highest BCUT2D eigenvalue weighted by Crippen LogP contribution is 2.42. The van der Waals surface area contributed by atoms with Gasteiger partial charge in [-0.2, -0.15) is 0 Å². The summed E-state index contributed by atoms with van der Waals surface area (Å²) in [5.74, 6) is 0. The van der Waals surface area contributed by atoms with Crippen LogP contribution >= 0.6 is 0 Å². The highest BCUT2D eigenvalue weighted by molar-refractivity contribution is 6.92. The minimum atomic E-state index is -1.57. The SMILES string of the molecule is CC[Si](CC)(CC)c1cc2cc[n+](C)c3c4c(C)c(C)cc5c6ccc(C(C)(C)C)cc6n(c(c1)c23)c54. The summed E-state index contributed by atoms with van der Waals surface area (Å²) in [5, 5.41) is 8.57. The lowest BCUT2D eigenvalue weighted by atomic mass is 9.86. The van der Waals surface area contributed by atoms with Crippen LogP contribution < -0.4 is 9.75 Å². The van der Waals surface area contributed by atoms with Crippen molar-refractivity contribution in [3.63, 3.8) is 0 Å². The van der Waals surface area contributed by atoms with Crippen LogP contribution in [0.3, 0.4) is 0 Å². The van der Waals surface area contributed by atoms with Crippen molar-refractivity contribution >= 4 is 62.3 Å². The van der Waals surface area contributed by atoms with Gasteiger partial charge in [0, 0.05) is 16.8 Å². The van der Waals surface area contributed by atoms with Gasteiger partial charge in [-0.1, -0.05) is 83.1 Å². The van der Waals surface area contributed by atoms with Crippen LogP contribution in [0.5, 0.6) is 0 Å². The fourth-order valence-corrected chi connectivity index (χ4v) is 10.7. The Morgan fingerprint density at radius 2 is 1.51 bits per heavy atom. The lowest BCUT2D eigenvalue weighted by Gasteiger charge is -2.29. The molecule has 0 saturated heterocycles. The molecule has 0 radical (unpaired) electrons. The molecule has 0 bridgehead atoms. The molecule has 3 heterocycles. The summed E-state index contributed by atoms with van der Waals surface area (Å²) >= 11 is 0. The quantitative estimate of drug-likeness (QED) is 0.0983. The highest BCUT2D eigenvalue weighted by atomic mass is 28.3. The van der Waals surface area contributed by atoms with Crippen LogP contribution in [0.4, 0.5) is 0 Å². The molecule has 3 aromatic heterocycles. The number of fused-ring (bicyclic) bond motifs is 5. The van der Waals surface area contributed by atoms with Gasteiger partial charge in [0.1, 0.15) is 7.05 Å². The zero-order chi connectivity index (χ0) is 26.4. The van der Waals surface area contributed by atoms with Gasteiger partial charge in [0.25, 0.3) is 0 Å². The Hall–Kier alpha value is -2.91. The van der Waals surface area contributed by atoms with Crippen molar-refractivity contribution in [1.29, 1.82) is 0 Å². The lowest BCUT2D eigenvalue weighted by molar-refractivity contribution is -0.643. The standard InChI is InChI=1S/C34H41N2Si/c1-10-37(11-2,12-3)25-18-23-15-16-35(9)33-30-22(5)21(4)17-27-26-14-13-24(34(6,7)8)19-28(26)36(32(27)30)29(20-25)31(23)33/h13-20H,10-12H2,1-9H3/q+1. The van der Waals surface area contributed by atoms with E-state index in [2.05, 4.69) is 120 Å². The first-order chi connectivity index (χ1) is 17.6. The van der Waals surface area contributed by atoms with E-state index in [0.29, 0.717) is 0 Å². The molecule has 6 aromatic rings. The average molecular weight is 506 g/mol. The fraction of sp³-hybridized carbons (Fsp3) is 0.382. The molecule has 0 unspecified atom stereocenters. The number of hydrogen-bond acceptors (Lipinski definition) is 0. The van der Waals surface area contributed by atoms with Gasteiger partial charge in [-0.25, -0.2) is 4.57 Å². The van der Waals surface area contributed by atoms with Gasteiger partial charge in [-0.3, -0.25) is 0 Å². The third-order valence-electron chi connectivity index (χ3n) is 9.77. The second-order valence-corrected chi connectivity index (χ2v) is 17.7. The Morgan fingerprint density at radius 1 is 0.811 bits per heavy atom. The molecule has 0 fully saturated rings. The van der Waals surface area contributed by atoms with E-state index in [1.807, 2.05) is 0 Å². The summed E-state index contributed by atoms with van der Waals surface area (Å²) in [6, 6.07) is 21.0. The molecular formula is C34H41N2Si+. The number of rotatable bonds is 4. The number of aryl methyl sites for hydroxylation is 3. The summed E-state index contributed by atoms with van der Waals surface area (Å²) in [6.07, 6.45) is 2.28. The maximum atomic E-state index is 2.64. The molecule has 0 aliphatic heterocycles. The van der Waals surface area contributed by atoms with Crippen LogP contribution in [0.2, 0.25) is 18.1 Å². The van der Waals surface area contributed by atoms with Crippen LogP contribution in [0.25, 0.3) is 49.0 Å². The first-order valence-electron chi connectivity index (χ1n) is 14.1. The number of aromatic nitrogens is 2. The van der Waals surface area contributed by atoms with Gasteiger partial charge in [0.2, 0.25) is 5.52 Å². The fourth-order valence-electron chi connectivity index (χ4n) is 7.04. The molecule has 0 saturated carbocycles. The van der Waals surface area contributed by atoms with Crippen molar-refractivity contribution in [2.75, 3.05) is 0 Å². The summed E-state index contributed by atoms with van der Waals surface area (Å²) < 4.78 is 5.00. The third-order valence-corrected chi connectivity index (χ3v) is 15.3. The molecule has 2 nitrogen and oxygen atoms in total. The van der Waals surface area contributed by atoms with E-state index < -0.39 is 8.07 Å². The van der Waals surface area contributed by atoms with Crippen molar-refractivity contribution in [1.82, 2.24) is 4.40 Å². The van der Waals surface area contributed by atoms with Crippen molar-refractivity contribution in [2.24, 2.45) is 7.05 Å². The second kappa shape index (κ2) is 8.04. The van der Waals surface area contributed by atoms with Crippen molar-refractivity contribution in [3.8, 4) is 0 Å². The van der Waals surface area contributed by atoms with Crippen molar-refractivity contribution in [2.45, 2.75) is 78.9 Å². The highest BCUT2D eigenvalue weighted by Gasteiger charge is 2.32.